The molecule has 192 valence electrons. The first kappa shape index (κ1) is 25.2. The topological polar surface area (TPSA) is 94.8 Å². The number of carbonyl (C=O) groups excluding carboxylic acids is 2. The molecule has 2 atom stereocenters. The predicted octanol–water partition coefficient (Wildman–Crippen LogP) is 5.10. The van der Waals surface area contributed by atoms with Gasteiger partial charge in [0.15, 0.2) is 11.2 Å². The zero-order chi connectivity index (χ0) is 26.1. The molecule has 2 aromatic heterocycles. The van der Waals surface area contributed by atoms with Crippen molar-refractivity contribution in [3.05, 3.63) is 90.7 Å². The molecule has 1 aliphatic heterocycles. The van der Waals surface area contributed by atoms with Crippen molar-refractivity contribution in [3.63, 3.8) is 0 Å². The number of rotatable bonds is 7. The van der Waals surface area contributed by atoms with Gasteiger partial charge < -0.3 is 19.2 Å². The van der Waals surface area contributed by atoms with E-state index in [2.05, 4.69) is 5.32 Å². The third-order valence-electron chi connectivity index (χ3n) is 6.92. The maximum absolute atomic E-state index is 13.8. The Balaban J connectivity index is 1.62. The van der Waals surface area contributed by atoms with E-state index in [0.717, 1.165) is 16.1 Å². The number of fused-ring (bicyclic) bond motifs is 1. The summed E-state index contributed by atoms with van der Waals surface area (Å²) >= 11 is 1.63. The lowest BCUT2D eigenvalue weighted by Gasteiger charge is -2.36. The van der Waals surface area contributed by atoms with Crippen molar-refractivity contribution in [2.75, 3.05) is 19.8 Å². The van der Waals surface area contributed by atoms with Gasteiger partial charge in [0.25, 0.3) is 0 Å². The summed E-state index contributed by atoms with van der Waals surface area (Å²) in [5.74, 6) is -1.51. The van der Waals surface area contributed by atoms with Crippen molar-refractivity contribution >= 4 is 34.1 Å². The highest BCUT2D eigenvalue weighted by Crippen LogP contribution is 2.45. The van der Waals surface area contributed by atoms with Crippen molar-refractivity contribution in [1.82, 2.24) is 5.32 Å². The quantitative estimate of drug-likeness (QED) is 0.343. The molecular formula is C29H29NO6S. The number of ketones is 1. The summed E-state index contributed by atoms with van der Waals surface area (Å²) in [6.45, 7) is 6.39. The minimum Gasteiger partial charge on any atom is -0.464 e. The minimum absolute atomic E-state index is 0.0440. The Morgan fingerprint density at radius 2 is 2.00 bits per heavy atom. The van der Waals surface area contributed by atoms with Gasteiger partial charge in [0.05, 0.1) is 29.7 Å². The highest BCUT2D eigenvalue weighted by atomic mass is 32.1. The van der Waals surface area contributed by atoms with Gasteiger partial charge in [0.2, 0.25) is 0 Å². The average Bonchev–Trinajstić information content (AvgIpc) is 3.41. The molecular weight excluding hydrogens is 490 g/mol. The lowest BCUT2D eigenvalue weighted by Crippen LogP contribution is -2.37. The summed E-state index contributed by atoms with van der Waals surface area (Å²) in [4.78, 5) is 42.0. The van der Waals surface area contributed by atoms with Crippen LogP contribution in [0, 0.1) is 6.92 Å². The number of nitrogens with one attached hydrogen (secondary N) is 1. The molecule has 1 aliphatic carbocycles. The summed E-state index contributed by atoms with van der Waals surface area (Å²) < 4.78 is 16.7. The van der Waals surface area contributed by atoms with E-state index in [9.17, 15) is 14.4 Å². The van der Waals surface area contributed by atoms with Gasteiger partial charge in [-0.25, -0.2) is 4.79 Å². The number of Topliss-reactive ketones (excluding diaryl/α,β-unsaturated/α-hetero) is 1. The number of dihydropyridines is 1. The van der Waals surface area contributed by atoms with E-state index in [1.807, 2.05) is 37.4 Å². The Hall–Kier alpha value is -3.49. The van der Waals surface area contributed by atoms with Gasteiger partial charge in [-0.1, -0.05) is 17.7 Å². The van der Waals surface area contributed by atoms with Crippen LogP contribution in [0.15, 0.2) is 73.7 Å². The molecule has 0 saturated heterocycles. The van der Waals surface area contributed by atoms with Crippen LogP contribution in [0.1, 0.15) is 54.5 Å². The minimum atomic E-state index is -0.881. The smallest absolute Gasteiger partial charge is 0.336 e. The van der Waals surface area contributed by atoms with Crippen molar-refractivity contribution in [2.45, 2.75) is 45.4 Å². The molecule has 0 spiro atoms. The van der Waals surface area contributed by atoms with Crippen LogP contribution in [-0.2, 0) is 19.1 Å². The molecule has 3 heterocycles. The second kappa shape index (κ2) is 10.5. The SMILES string of the molecule is CCOCCOC(=O)C1=C(C)NC2=C(C(=O)C[C@H](c3cccs3)C2)[C@H]1c1coc2ccc(C)cc2c1=O. The average molecular weight is 520 g/mol. The summed E-state index contributed by atoms with van der Waals surface area (Å²) in [5, 5.41) is 5.74. The Morgan fingerprint density at radius 1 is 1.16 bits per heavy atom. The Kier molecular flexibility index (Phi) is 7.13. The van der Waals surface area contributed by atoms with Crippen LogP contribution in [0.4, 0.5) is 0 Å². The molecule has 3 aromatic rings. The Bertz CT molecular complexity index is 1480. The highest BCUT2D eigenvalue weighted by Gasteiger charge is 2.43. The molecule has 1 aromatic carbocycles. The Morgan fingerprint density at radius 3 is 2.76 bits per heavy atom. The van der Waals surface area contributed by atoms with Crippen molar-refractivity contribution < 1.29 is 23.5 Å². The fourth-order valence-corrected chi connectivity index (χ4v) is 6.05. The number of esters is 1. The summed E-state index contributed by atoms with van der Waals surface area (Å²) in [5.41, 5.74) is 3.36. The monoisotopic (exact) mass is 519 g/mol. The first-order chi connectivity index (χ1) is 17.9. The van der Waals surface area contributed by atoms with Gasteiger partial charge in [0.1, 0.15) is 12.2 Å². The number of allylic oxidation sites excluding steroid dienone is 3. The molecule has 8 heteroatoms. The van der Waals surface area contributed by atoms with Gasteiger partial charge in [-0.15, -0.1) is 11.3 Å². The molecule has 0 amide bonds. The van der Waals surface area contributed by atoms with E-state index in [1.54, 1.807) is 30.4 Å². The number of hydrogen-bond donors (Lipinski definition) is 1. The molecule has 0 saturated carbocycles. The standard InChI is InChI=1S/C29H29NO6S/c1-4-34-9-10-35-29(33)25-17(3)30-21-13-18(24-6-5-11-37-24)14-22(31)27(21)26(25)20-15-36-23-8-7-16(2)12-19(23)28(20)32/h5-8,11-12,15,18,26,30H,4,9-10,13-14H2,1-3H3/t18-,26+/m1/s1. The predicted molar refractivity (Wildman–Crippen MR) is 142 cm³/mol. The number of hydrogen-bond acceptors (Lipinski definition) is 8. The molecule has 0 bridgehead atoms. The number of thiophene rings is 1. The maximum Gasteiger partial charge on any atom is 0.336 e. The zero-order valence-electron chi connectivity index (χ0n) is 21.1. The van der Waals surface area contributed by atoms with Gasteiger partial charge in [-0.2, -0.15) is 0 Å². The van der Waals surface area contributed by atoms with Gasteiger partial charge >= 0.3 is 5.97 Å². The molecule has 0 unspecified atom stereocenters. The largest absolute Gasteiger partial charge is 0.464 e. The van der Waals surface area contributed by atoms with E-state index in [1.165, 1.54) is 6.26 Å². The maximum atomic E-state index is 13.8. The van der Waals surface area contributed by atoms with E-state index in [0.29, 0.717) is 41.7 Å². The van der Waals surface area contributed by atoms with Crippen LogP contribution < -0.4 is 10.7 Å². The third kappa shape index (κ3) is 4.79. The van der Waals surface area contributed by atoms with E-state index >= 15 is 0 Å². The molecule has 5 rings (SSSR count). The van der Waals surface area contributed by atoms with Crippen LogP contribution in [0.2, 0.25) is 0 Å². The number of carbonyl (C=O) groups is 2. The van der Waals surface area contributed by atoms with Crippen molar-refractivity contribution in [1.29, 1.82) is 0 Å². The van der Waals surface area contributed by atoms with Crippen LogP contribution in [0.5, 0.6) is 0 Å². The molecule has 1 N–H and O–H groups in total. The second-order valence-electron chi connectivity index (χ2n) is 9.39. The number of benzene rings is 1. The lowest BCUT2D eigenvalue weighted by molar-refractivity contribution is -0.140. The molecule has 2 aliphatic rings. The first-order valence-corrected chi connectivity index (χ1v) is 13.3. The second-order valence-corrected chi connectivity index (χ2v) is 10.4. The summed E-state index contributed by atoms with van der Waals surface area (Å²) in [6, 6.07) is 9.42. The molecule has 7 nitrogen and oxygen atoms in total. The van der Waals surface area contributed by atoms with Crippen LogP contribution >= 0.6 is 11.3 Å². The van der Waals surface area contributed by atoms with Crippen molar-refractivity contribution in [3.8, 4) is 0 Å². The van der Waals surface area contributed by atoms with E-state index < -0.39 is 11.9 Å². The van der Waals surface area contributed by atoms with Gasteiger partial charge in [-0.3, -0.25) is 9.59 Å². The molecule has 0 radical (unpaired) electrons. The van der Waals surface area contributed by atoms with Crippen LogP contribution in [0.3, 0.4) is 0 Å². The van der Waals surface area contributed by atoms with E-state index in [-0.39, 0.29) is 41.5 Å². The first-order valence-electron chi connectivity index (χ1n) is 12.4. The third-order valence-corrected chi connectivity index (χ3v) is 7.96. The fraction of sp³-hybridized carbons (Fsp3) is 0.345. The Labute approximate surface area is 218 Å². The van der Waals surface area contributed by atoms with Gasteiger partial charge in [-0.05, 0) is 50.8 Å². The summed E-state index contributed by atoms with van der Waals surface area (Å²) in [6.07, 6.45) is 2.31. The molecule has 0 fully saturated rings. The lowest BCUT2D eigenvalue weighted by atomic mass is 9.73. The highest BCUT2D eigenvalue weighted by molar-refractivity contribution is 7.10. The van der Waals surface area contributed by atoms with Crippen LogP contribution in [-0.4, -0.2) is 31.6 Å². The summed E-state index contributed by atoms with van der Waals surface area (Å²) in [7, 11) is 0. The van der Waals surface area contributed by atoms with Crippen molar-refractivity contribution in [2.24, 2.45) is 0 Å². The molecule has 37 heavy (non-hydrogen) atoms. The zero-order valence-corrected chi connectivity index (χ0v) is 21.9. The fourth-order valence-electron chi connectivity index (χ4n) is 5.22. The van der Waals surface area contributed by atoms with E-state index in [4.69, 9.17) is 13.9 Å². The normalized spacial score (nSPS) is 19.7. The van der Waals surface area contributed by atoms with Gasteiger partial charge in [0, 0.05) is 46.4 Å². The number of aryl methyl sites for hydroxylation is 1. The van der Waals surface area contributed by atoms with Crippen LogP contribution in [0.25, 0.3) is 11.0 Å². The number of ether oxygens (including phenoxy) is 2.